The van der Waals surface area contributed by atoms with Crippen molar-refractivity contribution in [3.8, 4) is 11.5 Å². The van der Waals surface area contributed by atoms with Crippen molar-refractivity contribution in [2.24, 2.45) is 0 Å². The van der Waals surface area contributed by atoms with E-state index in [0.717, 1.165) is 11.1 Å². The molecule has 2 heterocycles. The molecule has 2 aliphatic rings. The normalized spacial score (nSPS) is 14.6. The van der Waals surface area contributed by atoms with Crippen LogP contribution in [0.5, 0.6) is 11.5 Å². The number of ether oxygens (including phenoxy) is 2. The Bertz CT molecular complexity index is 2560. The van der Waals surface area contributed by atoms with Crippen molar-refractivity contribution in [3.05, 3.63) is 152 Å². The van der Waals surface area contributed by atoms with Gasteiger partial charge in [0.05, 0.1) is 38.8 Å². The van der Waals surface area contributed by atoms with E-state index in [1.807, 2.05) is 0 Å². The second-order valence-electron chi connectivity index (χ2n) is 14.0. The molecule has 62 heavy (non-hydrogen) atoms. The number of anilines is 6. The highest BCUT2D eigenvalue weighted by Gasteiger charge is 2.35. The maximum absolute atomic E-state index is 14.4. The monoisotopic (exact) mass is 850 g/mol. The number of halogens is 6. The van der Waals surface area contributed by atoms with Gasteiger partial charge < -0.3 is 30.7 Å². The number of nitrogens with one attached hydrogen (secondary N) is 4. The number of hydrogen-bond donors (Lipinski definition) is 4. The summed E-state index contributed by atoms with van der Waals surface area (Å²) < 4.78 is 95.0. The molecule has 8 rings (SSSR count). The topological polar surface area (TPSA) is 127 Å². The van der Waals surface area contributed by atoms with Crippen molar-refractivity contribution >= 4 is 46.3 Å². The molecule has 12 nitrogen and oxygen atoms in total. The van der Waals surface area contributed by atoms with Crippen molar-refractivity contribution in [2.75, 3.05) is 49.6 Å². The summed E-state index contributed by atoms with van der Waals surface area (Å²) >= 11 is 0. The largest absolute Gasteiger partial charge is 0.508 e. The molecular weight excluding hydrogens is 815 g/mol. The average Bonchev–Trinajstić information content (AvgIpc) is 3.87. The highest BCUT2D eigenvalue weighted by atomic mass is 19.2. The third kappa shape index (κ3) is 8.40. The van der Waals surface area contributed by atoms with Crippen LogP contribution in [0.2, 0.25) is 0 Å². The van der Waals surface area contributed by atoms with Crippen LogP contribution in [0.1, 0.15) is 58.3 Å². The van der Waals surface area contributed by atoms with Crippen LogP contribution >= 0.6 is 0 Å². The standard InChI is InChI=1S/2C22H18F3N5O/c2*1-26-17-7-4-12(10-18(17)31-3)28-22-29-20-13(5-6-14(20)21(27-2)30-22)19-15(24)8-11(23)9-16(19)25/h2*4,7-10,13H,5-6H2,2-3H3,(H2,27,28,29,30)/t2*13-/m10/s1. The molecule has 0 spiro atoms. The van der Waals surface area contributed by atoms with E-state index in [9.17, 15) is 26.3 Å². The average molecular weight is 851 g/mol. The lowest BCUT2D eigenvalue weighted by molar-refractivity contribution is 0.417. The molecule has 4 N–H and O–H groups in total. The zero-order valence-corrected chi connectivity index (χ0v) is 33.5. The number of fused-ring (bicyclic) bond motifs is 2. The van der Waals surface area contributed by atoms with Crippen LogP contribution in [0.25, 0.3) is 9.69 Å². The zero-order chi connectivity index (χ0) is 44.2. The van der Waals surface area contributed by atoms with Crippen LogP contribution in [0.3, 0.4) is 0 Å². The van der Waals surface area contributed by atoms with E-state index in [0.29, 0.717) is 107 Å². The van der Waals surface area contributed by atoms with Crippen molar-refractivity contribution in [1.82, 2.24) is 19.9 Å². The second kappa shape index (κ2) is 17.9. The number of hydrogen-bond acceptors (Lipinski definition) is 10. The quantitative estimate of drug-likeness (QED) is 0.0782. The van der Waals surface area contributed by atoms with Crippen LogP contribution in [0.4, 0.5) is 72.6 Å². The smallest absolute Gasteiger partial charge is 0.229 e. The van der Waals surface area contributed by atoms with Gasteiger partial charge in [-0.25, -0.2) is 46.0 Å². The molecular formula is C44H36F6N10O2. The minimum Gasteiger partial charge on any atom is -0.508 e. The Hall–Kier alpha value is -7.60. The highest BCUT2D eigenvalue weighted by Crippen LogP contribution is 2.44. The number of nitrogens with zero attached hydrogens (tertiary/aromatic N) is 6. The molecule has 0 bridgehead atoms. The summed E-state index contributed by atoms with van der Waals surface area (Å²) in [5, 5.41) is 12.1. The van der Waals surface area contributed by atoms with Crippen molar-refractivity contribution in [3.63, 3.8) is 0 Å². The predicted molar refractivity (Wildman–Crippen MR) is 221 cm³/mol. The Morgan fingerprint density at radius 2 is 0.935 bits per heavy atom. The molecule has 18 heteroatoms. The molecule has 2 aliphatic carbocycles. The molecule has 0 unspecified atom stereocenters. The minimum atomic E-state index is -0.963. The first-order valence-electron chi connectivity index (χ1n) is 19.0. The number of benzene rings is 4. The maximum Gasteiger partial charge on any atom is 0.229 e. The first-order valence-corrected chi connectivity index (χ1v) is 19.0. The molecule has 0 saturated heterocycles. The van der Waals surface area contributed by atoms with Gasteiger partial charge in [-0.3, -0.25) is 0 Å². The lowest BCUT2D eigenvalue weighted by atomic mass is 9.95. The van der Waals surface area contributed by atoms with Gasteiger partial charge in [-0.15, -0.1) is 0 Å². The fourth-order valence-corrected chi connectivity index (χ4v) is 7.74. The van der Waals surface area contributed by atoms with E-state index >= 15 is 0 Å². The summed E-state index contributed by atoms with van der Waals surface area (Å²) in [4.78, 5) is 24.8. The maximum atomic E-state index is 14.4. The molecule has 0 saturated carbocycles. The Labute approximate surface area is 352 Å². The summed E-state index contributed by atoms with van der Waals surface area (Å²) in [5.74, 6) is -4.69. The summed E-state index contributed by atoms with van der Waals surface area (Å²) in [6, 6.07) is 12.6. The SMILES string of the molecule is [C-]#[N+]c1ccc(Nc2nc(NC)c3c(n2)[C@@H](c2c(F)cc(F)cc2F)CC3)cc1OC.[C-]#[N+]c1ccc(Nc2nc(NC)c3c(n2)[C@H](c2c(F)cc(F)cc2F)CC3)cc1OC. The van der Waals surface area contributed by atoms with Gasteiger partial charge in [0.1, 0.15) is 58.0 Å². The highest BCUT2D eigenvalue weighted by molar-refractivity contribution is 5.69. The second-order valence-corrected chi connectivity index (χ2v) is 14.0. The van der Waals surface area contributed by atoms with Gasteiger partial charge in [0, 0.05) is 83.8 Å². The first kappa shape index (κ1) is 42.5. The van der Waals surface area contributed by atoms with Crippen molar-refractivity contribution in [2.45, 2.75) is 37.5 Å². The number of aromatic nitrogens is 4. The first-order chi connectivity index (χ1) is 29.9. The van der Waals surface area contributed by atoms with Gasteiger partial charge in [0.25, 0.3) is 0 Å². The summed E-state index contributed by atoms with van der Waals surface area (Å²) in [7, 11) is 6.34. The Morgan fingerprint density at radius 1 is 0.565 bits per heavy atom. The van der Waals surface area contributed by atoms with Gasteiger partial charge in [-0.1, -0.05) is 12.1 Å². The van der Waals surface area contributed by atoms with Gasteiger partial charge in [-0.05, 0) is 49.9 Å². The van der Waals surface area contributed by atoms with Crippen LogP contribution in [0, 0.1) is 48.0 Å². The minimum absolute atomic E-state index is 0.199. The fraction of sp³-hybridized carbons (Fsp3) is 0.227. The lowest BCUT2D eigenvalue weighted by Crippen LogP contribution is -2.10. The van der Waals surface area contributed by atoms with E-state index in [2.05, 4.69) is 50.9 Å². The third-order valence-corrected chi connectivity index (χ3v) is 10.5. The number of rotatable bonds is 10. The van der Waals surface area contributed by atoms with Crippen molar-refractivity contribution in [1.29, 1.82) is 0 Å². The molecule has 0 amide bonds. The van der Waals surface area contributed by atoms with Crippen LogP contribution in [-0.2, 0) is 12.8 Å². The molecule has 4 aromatic carbocycles. The van der Waals surface area contributed by atoms with Crippen molar-refractivity contribution < 1.29 is 35.8 Å². The summed E-state index contributed by atoms with van der Waals surface area (Å²) in [5.41, 5.74) is 3.99. The molecule has 316 valence electrons. The van der Waals surface area contributed by atoms with Crippen LogP contribution in [0.15, 0.2) is 60.7 Å². The zero-order valence-electron chi connectivity index (χ0n) is 33.5. The Kier molecular flexibility index (Phi) is 12.3. The van der Waals surface area contributed by atoms with E-state index in [1.165, 1.54) is 14.2 Å². The Morgan fingerprint density at radius 3 is 1.26 bits per heavy atom. The molecule has 2 aromatic heterocycles. The summed E-state index contributed by atoms with van der Waals surface area (Å²) in [6.45, 7) is 14.3. The predicted octanol–water partition coefficient (Wildman–Crippen LogP) is 10.6. The van der Waals surface area contributed by atoms with Crippen LogP contribution in [-0.4, -0.2) is 48.3 Å². The van der Waals surface area contributed by atoms with E-state index in [4.69, 9.17) is 22.6 Å². The molecule has 0 radical (unpaired) electrons. The lowest BCUT2D eigenvalue weighted by Gasteiger charge is -2.16. The fourth-order valence-electron chi connectivity index (χ4n) is 7.74. The van der Waals surface area contributed by atoms with E-state index in [1.54, 1.807) is 50.5 Å². The number of methoxy groups -OCH3 is 2. The van der Waals surface area contributed by atoms with Gasteiger partial charge in [-0.2, -0.15) is 9.97 Å². The van der Waals surface area contributed by atoms with Gasteiger partial charge in [0.15, 0.2) is 0 Å². The third-order valence-electron chi connectivity index (χ3n) is 10.5. The molecule has 6 aromatic rings. The van der Waals surface area contributed by atoms with Gasteiger partial charge in [0.2, 0.25) is 23.3 Å². The van der Waals surface area contributed by atoms with E-state index < -0.39 is 46.7 Å². The summed E-state index contributed by atoms with van der Waals surface area (Å²) in [6.07, 6.45) is 1.91. The van der Waals surface area contributed by atoms with E-state index in [-0.39, 0.29) is 23.0 Å². The molecule has 0 aliphatic heterocycles. The van der Waals surface area contributed by atoms with Crippen LogP contribution < -0.4 is 30.7 Å². The molecule has 2 atom stereocenters. The van der Waals surface area contributed by atoms with Gasteiger partial charge >= 0.3 is 0 Å². The Balaban J connectivity index is 0.000000186. The molecule has 0 fully saturated rings.